The molecule has 0 aliphatic carbocycles. The van der Waals surface area contributed by atoms with Gasteiger partial charge in [-0.05, 0) is 44.6 Å². The van der Waals surface area contributed by atoms with E-state index in [0.717, 1.165) is 17.3 Å². The molecule has 1 atom stereocenters. The molecular formula is C12H17ClN2. The van der Waals surface area contributed by atoms with Crippen LogP contribution < -0.4 is 5.32 Å². The number of anilines is 1. The molecule has 2 nitrogen and oxygen atoms in total. The third kappa shape index (κ3) is 2.64. The van der Waals surface area contributed by atoms with Gasteiger partial charge in [-0.3, -0.25) is 0 Å². The van der Waals surface area contributed by atoms with E-state index in [2.05, 4.69) is 30.3 Å². The summed E-state index contributed by atoms with van der Waals surface area (Å²) < 4.78 is 0. The molecule has 15 heavy (non-hydrogen) atoms. The maximum absolute atomic E-state index is 6.13. The predicted octanol–water partition coefficient (Wildman–Crippen LogP) is 2.76. The smallest absolute Gasteiger partial charge is 0.0637 e. The Bertz CT molecular complexity index is 351. The van der Waals surface area contributed by atoms with E-state index in [-0.39, 0.29) is 0 Å². The number of nitrogens with one attached hydrogen (secondary N) is 1. The highest BCUT2D eigenvalue weighted by molar-refractivity contribution is 6.33. The Hall–Kier alpha value is -0.730. The highest BCUT2D eigenvalue weighted by Crippen LogP contribution is 2.25. The van der Waals surface area contributed by atoms with Crippen molar-refractivity contribution in [3.05, 3.63) is 28.8 Å². The number of halogens is 1. The topological polar surface area (TPSA) is 15.3 Å². The molecule has 1 saturated heterocycles. The molecule has 2 rings (SSSR count). The fourth-order valence-electron chi connectivity index (χ4n) is 2.02. The van der Waals surface area contributed by atoms with Crippen molar-refractivity contribution in [2.45, 2.75) is 19.4 Å². The SMILES string of the molecule is Cc1ccc(Cl)c(NC2CCN(C)C2)c1. The number of aryl methyl sites for hydroxylation is 1. The van der Waals surface area contributed by atoms with Crippen molar-refractivity contribution in [3.63, 3.8) is 0 Å². The third-order valence-corrected chi connectivity index (χ3v) is 3.20. The van der Waals surface area contributed by atoms with E-state index in [4.69, 9.17) is 11.6 Å². The van der Waals surface area contributed by atoms with Gasteiger partial charge < -0.3 is 10.2 Å². The first kappa shape index (κ1) is 10.8. The summed E-state index contributed by atoms with van der Waals surface area (Å²) in [6.07, 6.45) is 1.20. The van der Waals surface area contributed by atoms with Crippen molar-refractivity contribution in [1.82, 2.24) is 4.90 Å². The monoisotopic (exact) mass is 224 g/mol. The van der Waals surface area contributed by atoms with Crippen LogP contribution >= 0.6 is 11.6 Å². The molecule has 1 fully saturated rings. The van der Waals surface area contributed by atoms with Gasteiger partial charge in [0.25, 0.3) is 0 Å². The molecule has 0 aromatic heterocycles. The summed E-state index contributed by atoms with van der Waals surface area (Å²) in [5.41, 5.74) is 2.31. The Morgan fingerprint density at radius 2 is 2.27 bits per heavy atom. The van der Waals surface area contributed by atoms with Crippen LogP contribution in [0.2, 0.25) is 5.02 Å². The molecule has 0 spiro atoms. The van der Waals surface area contributed by atoms with E-state index in [1.54, 1.807) is 0 Å². The van der Waals surface area contributed by atoms with Crippen molar-refractivity contribution in [2.75, 3.05) is 25.5 Å². The van der Waals surface area contributed by atoms with Crippen molar-refractivity contribution < 1.29 is 0 Å². The Balaban J connectivity index is 2.07. The first-order valence-corrected chi connectivity index (χ1v) is 5.74. The second-order valence-corrected chi connectivity index (χ2v) is 4.78. The van der Waals surface area contributed by atoms with Gasteiger partial charge in [0.2, 0.25) is 0 Å². The Morgan fingerprint density at radius 1 is 1.47 bits per heavy atom. The Morgan fingerprint density at radius 3 is 2.93 bits per heavy atom. The first-order valence-electron chi connectivity index (χ1n) is 5.36. The minimum absolute atomic E-state index is 0.536. The van der Waals surface area contributed by atoms with Crippen LogP contribution in [0.3, 0.4) is 0 Å². The minimum atomic E-state index is 0.536. The molecule has 1 aromatic carbocycles. The lowest BCUT2D eigenvalue weighted by Gasteiger charge is -2.15. The standard InChI is InChI=1S/C12H17ClN2/c1-9-3-4-11(13)12(7-9)14-10-5-6-15(2)8-10/h3-4,7,10,14H,5-6,8H2,1-2H3. The van der Waals surface area contributed by atoms with Crippen LogP contribution in [0.15, 0.2) is 18.2 Å². The molecule has 0 bridgehead atoms. The van der Waals surface area contributed by atoms with Crippen LogP contribution in [-0.4, -0.2) is 31.1 Å². The quantitative estimate of drug-likeness (QED) is 0.831. The molecule has 0 saturated carbocycles. The van der Waals surface area contributed by atoms with Crippen LogP contribution in [0.25, 0.3) is 0 Å². The summed E-state index contributed by atoms with van der Waals surface area (Å²) in [5.74, 6) is 0. The zero-order chi connectivity index (χ0) is 10.8. The summed E-state index contributed by atoms with van der Waals surface area (Å²) in [4.78, 5) is 2.33. The van der Waals surface area contributed by atoms with Crippen molar-refractivity contribution in [2.24, 2.45) is 0 Å². The second-order valence-electron chi connectivity index (χ2n) is 4.38. The van der Waals surface area contributed by atoms with Gasteiger partial charge in [0.05, 0.1) is 10.7 Å². The van der Waals surface area contributed by atoms with Gasteiger partial charge in [0.15, 0.2) is 0 Å². The highest BCUT2D eigenvalue weighted by atomic mass is 35.5. The molecule has 3 heteroatoms. The maximum Gasteiger partial charge on any atom is 0.0637 e. The highest BCUT2D eigenvalue weighted by Gasteiger charge is 2.19. The lowest BCUT2D eigenvalue weighted by molar-refractivity contribution is 0.414. The summed E-state index contributed by atoms with van der Waals surface area (Å²) >= 11 is 6.13. The third-order valence-electron chi connectivity index (χ3n) is 2.87. The molecule has 1 aliphatic heterocycles. The molecule has 0 amide bonds. The maximum atomic E-state index is 6.13. The zero-order valence-electron chi connectivity index (χ0n) is 9.26. The normalized spacial score (nSPS) is 21.9. The summed E-state index contributed by atoms with van der Waals surface area (Å²) in [7, 11) is 2.15. The van der Waals surface area contributed by atoms with E-state index >= 15 is 0 Å². The van der Waals surface area contributed by atoms with Crippen LogP contribution in [0.1, 0.15) is 12.0 Å². The van der Waals surface area contributed by atoms with E-state index in [0.29, 0.717) is 6.04 Å². The van der Waals surface area contributed by atoms with Crippen LogP contribution in [0.4, 0.5) is 5.69 Å². The number of likely N-dealkylation sites (N-methyl/N-ethyl adjacent to an activating group) is 1. The number of hydrogen-bond donors (Lipinski definition) is 1. The van der Waals surface area contributed by atoms with Crippen LogP contribution in [0.5, 0.6) is 0 Å². The summed E-state index contributed by atoms with van der Waals surface area (Å²) in [5, 5.41) is 4.32. The fraction of sp³-hybridized carbons (Fsp3) is 0.500. The van der Waals surface area contributed by atoms with Crippen molar-refractivity contribution in [1.29, 1.82) is 0 Å². The van der Waals surface area contributed by atoms with Gasteiger partial charge in [-0.2, -0.15) is 0 Å². The van der Waals surface area contributed by atoms with E-state index < -0.39 is 0 Å². The van der Waals surface area contributed by atoms with Crippen molar-refractivity contribution >= 4 is 17.3 Å². The van der Waals surface area contributed by atoms with Gasteiger partial charge in [-0.25, -0.2) is 0 Å². The molecule has 1 unspecified atom stereocenters. The Kier molecular flexibility index (Phi) is 3.17. The van der Waals surface area contributed by atoms with Crippen molar-refractivity contribution in [3.8, 4) is 0 Å². The molecule has 1 aliphatic rings. The molecule has 1 heterocycles. The molecule has 82 valence electrons. The predicted molar refractivity (Wildman–Crippen MR) is 65.7 cm³/mol. The van der Waals surface area contributed by atoms with Gasteiger partial charge in [-0.1, -0.05) is 17.7 Å². The molecule has 1 aromatic rings. The lowest BCUT2D eigenvalue weighted by Crippen LogP contribution is -2.23. The first-order chi connectivity index (χ1) is 7.15. The molecular weight excluding hydrogens is 208 g/mol. The molecule has 1 N–H and O–H groups in total. The number of hydrogen-bond acceptors (Lipinski definition) is 2. The van der Waals surface area contributed by atoms with Crippen LogP contribution in [0, 0.1) is 6.92 Å². The average Bonchev–Trinajstić information content (AvgIpc) is 2.58. The summed E-state index contributed by atoms with van der Waals surface area (Å²) in [6.45, 7) is 4.35. The van der Waals surface area contributed by atoms with E-state index in [9.17, 15) is 0 Å². The summed E-state index contributed by atoms with van der Waals surface area (Å²) in [6, 6.07) is 6.64. The van der Waals surface area contributed by atoms with E-state index in [1.807, 2.05) is 12.1 Å². The lowest BCUT2D eigenvalue weighted by atomic mass is 10.2. The van der Waals surface area contributed by atoms with Gasteiger partial charge >= 0.3 is 0 Å². The van der Waals surface area contributed by atoms with Gasteiger partial charge in [0.1, 0.15) is 0 Å². The minimum Gasteiger partial charge on any atom is -0.380 e. The van der Waals surface area contributed by atoms with Crippen LogP contribution in [-0.2, 0) is 0 Å². The van der Waals surface area contributed by atoms with Gasteiger partial charge in [-0.15, -0.1) is 0 Å². The number of likely N-dealkylation sites (tertiary alicyclic amines) is 1. The second kappa shape index (κ2) is 4.42. The fourth-order valence-corrected chi connectivity index (χ4v) is 2.19. The van der Waals surface area contributed by atoms with Gasteiger partial charge in [0, 0.05) is 12.6 Å². The number of nitrogens with zero attached hydrogens (tertiary/aromatic N) is 1. The molecule has 0 radical (unpaired) electrons. The average molecular weight is 225 g/mol. The number of benzene rings is 1. The zero-order valence-corrected chi connectivity index (χ0v) is 10.0. The number of rotatable bonds is 2. The van der Waals surface area contributed by atoms with E-state index in [1.165, 1.54) is 18.5 Å². The Labute approximate surface area is 96.2 Å². The largest absolute Gasteiger partial charge is 0.380 e.